The number of anilines is 1. The van der Waals surface area contributed by atoms with Gasteiger partial charge in [0.05, 0.1) is 0 Å². The van der Waals surface area contributed by atoms with Gasteiger partial charge in [-0.1, -0.05) is 19.1 Å². The van der Waals surface area contributed by atoms with Crippen LogP contribution in [0.2, 0.25) is 0 Å². The minimum Gasteiger partial charge on any atom is -0.373 e. The molecule has 0 aliphatic carbocycles. The minimum atomic E-state index is -0.224. The molecule has 0 bridgehead atoms. The lowest BCUT2D eigenvalue weighted by Crippen LogP contribution is -2.07. The first-order valence-electron chi connectivity index (χ1n) is 6.42. The normalized spacial score (nSPS) is 10.5. The van der Waals surface area contributed by atoms with Crippen molar-refractivity contribution >= 4 is 5.82 Å². The first-order chi connectivity index (χ1) is 9.13. The molecule has 0 atom stereocenters. The molecule has 0 fully saturated rings. The Bertz CT molecular complexity index is 564. The number of aryl methyl sites for hydroxylation is 1. The second kappa shape index (κ2) is 5.78. The van der Waals surface area contributed by atoms with Crippen LogP contribution < -0.4 is 5.32 Å². The van der Waals surface area contributed by atoms with Crippen LogP contribution in [0.3, 0.4) is 0 Å². The van der Waals surface area contributed by atoms with Crippen molar-refractivity contribution < 1.29 is 4.39 Å². The summed E-state index contributed by atoms with van der Waals surface area (Å²) in [5, 5.41) is 3.11. The van der Waals surface area contributed by atoms with Crippen LogP contribution in [0.1, 0.15) is 29.6 Å². The molecule has 0 aliphatic heterocycles. The van der Waals surface area contributed by atoms with Gasteiger partial charge < -0.3 is 5.32 Å². The Hall–Kier alpha value is -1.97. The van der Waals surface area contributed by atoms with Crippen LogP contribution in [-0.2, 0) is 12.8 Å². The Labute approximate surface area is 112 Å². The molecule has 0 saturated carbocycles. The van der Waals surface area contributed by atoms with Gasteiger partial charge in [-0.3, -0.25) is 0 Å². The van der Waals surface area contributed by atoms with Crippen molar-refractivity contribution in [2.75, 3.05) is 12.4 Å². The van der Waals surface area contributed by atoms with E-state index in [2.05, 4.69) is 22.2 Å². The Morgan fingerprint density at radius 3 is 2.42 bits per heavy atom. The van der Waals surface area contributed by atoms with E-state index in [1.165, 1.54) is 12.1 Å². The lowest BCUT2D eigenvalue weighted by atomic mass is 10.1. The maximum atomic E-state index is 12.9. The third kappa shape index (κ3) is 3.08. The zero-order chi connectivity index (χ0) is 13.8. The van der Waals surface area contributed by atoms with E-state index in [1.54, 1.807) is 12.1 Å². The Morgan fingerprint density at radius 1 is 1.16 bits per heavy atom. The molecule has 19 heavy (non-hydrogen) atoms. The molecular formula is C15H18FN3. The van der Waals surface area contributed by atoms with Crippen molar-refractivity contribution in [3.63, 3.8) is 0 Å². The number of rotatable bonds is 4. The standard InChI is InChI=1S/C15H18FN3/c1-4-13-10(2)18-14(19-15(13)17-3)9-11-5-7-12(16)8-6-11/h5-8H,4,9H2,1-3H3,(H,17,18,19). The summed E-state index contributed by atoms with van der Waals surface area (Å²) < 4.78 is 12.9. The number of nitrogens with zero attached hydrogens (tertiary/aromatic N) is 2. The molecule has 0 aliphatic rings. The van der Waals surface area contributed by atoms with Crippen LogP contribution >= 0.6 is 0 Å². The van der Waals surface area contributed by atoms with Gasteiger partial charge in [-0.05, 0) is 31.0 Å². The van der Waals surface area contributed by atoms with Crippen LogP contribution in [0.4, 0.5) is 10.2 Å². The second-order valence-electron chi connectivity index (χ2n) is 4.46. The smallest absolute Gasteiger partial charge is 0.135 e. The predicted octanol–water partition coefficient (Wildman–Crippen LogP) is 3.12. The van der Waals surface area contributed by atoms with Crippen molar-refractivity contribution in [1.82, 2.24) is 9.97 Å². The van der Waals surface area contributed by atoms with Crippen molar-refractivity contribution in [1.29, 1.82) is 0 Å². The number of benzene rings is 1. The summed E-state index contributed by atoms with van der Waals surface area (Å²) in [4.78, 5) is 9.05. The number of aromatic nitrogens is 2. The average Bonchev–Trinajstić information content (AvgIpc) is 2.40. The molecule has 2 aromatic rings. The zero-order valence-corrected chi connectivity index (χ0v) is 11.5. The highest BCUT2D eigenvalue weighted by Crippen LogP contribution is 2.18. The molecule has 0 saturated heterocycles. The Balaban J connectivity index is 2.30. The number of hydrogen-bond donors (Lipinski definition) is 1. The quantitative estimate of drug-likeness (QED) is 0.916. The monoisotopic (exact) mass is 259 g/mol. The van der Waals surface area contributed by atoms with Crippen molar-refractivity contribution in [3.8, 4) is 0 Å². The van der Waals surface area contributed by atoms with Gasteiger partial charge in [-0.25, -0.2) is 14.4 Å². The van der Waals surface area contributed by atoms with E-state index in [0.717, 1.165) is 34.9 Å². The largest absolute Gasteiger partial charge is 0.373 e. The summed E-state index contributed by atoms with van der Waals surface area (Å²) >= 11 is 0. The molecule has 2 rings (SSSR count). The Kier molecular flexibility index (Phi) is 4.10. The maximum Gasteiger partial charge on any atom is 0.135 e. The van der Waals surface area contributed by atoms with Crippen molar-refractivity contribution in [2.24, 2.45) is 0 Å². The summed E-state index contributed by atoms with van der Waals surface area (Å²) in [6, 6.07) is 6.45. The molecule has 1 N–H and O–H groups in total. The maximum absolute atomic E-state index is 12.9. The fourth-order valence-corrected chi connectivity index (χ4v) is 2.15. The summed E-state index contributed by atoms with van der Waals surface area (Å²) in [6.45, 7) is 4.09. The molecule has 1 aromatic carbocycles. The number of nitrogens with one attached hydrogen (secondary N) is 1. The highest BCUT2D eigenvalue weighted by Gasteiger charge is 2.09. The van der Waals surface area contributed by atoms with E-state index in [-0.39, 0.29) is 5.82 Å². The highest BCUT2D eigenvalue weighted by atomic mass is 19.1. The lowest BCUT2D eigenvalue weighted by Gasteiger charge is -2.11. The van der Waals surface area contributed by atoms with Gasteiger partial charge in [-0.2, -0.15) is 0 Å². The summed E-state index contributed by atoms with van der Waals surface area (Å²) in [5.74, 6) is 1.41. The molecule has 1 aromatic heterocycles. The van der Waals surface area contributed by atoms with Crippen LogP contribution in [-0.4, -0.2) is 17.0 Å². The van der Waals surface area contributed by atoms with Crippen LogP contribution in [0.5, 0.6) is 0 Å². The fourth-order valence-electron chi connectivity index (χ4n) is 2.15. The van der Waals surface area contributed by atoms with Gasteiger partial charge in [0.1, 0.15) is 17.5 Å². The van der Waals surface area contributed by atoms with Crippen LogP contribution in [0.25, 0.3) is 0 Å². The summed E-state index contributed by atoms with van der Waals surface area (Å²) in [6.07, 6.45) is 1.51. The molecule has 0 spiro atoms. The summed E-state index contributed by atoms with van der Waals surface area (Å²) in [5.41, 5.74) is 3.15. The lowest BCUT2D eigenvalue weighted by molar-refractivity contribution is 0.627. The van der Waals surface area contributed by atoms with E-state index in [0.29, 0.717) is 6.42 Å². The third-order valence-electron chi connectivity index (χ3n) is 3.13. The molecule has 4 heteroatoms. The minimum absolute atomic E-state index is 0.224. The molecule has 0 amide bonds. The van der Waals surface area contributed by atoms with E-state index < -0.39 is 0 Å². The SMILES string of the molecule is CCc1c(C)nc(Cc2ccc(F)cc2)nc1NC. The molecule has 3 nitrogen and oxygen atoms in total. The highest BCUT2D eigenvalue weighted by molar-refractivity contribution is 5.46. The van der Waals surface area contributed by atoms with Gasteiger partial charge in [0.15, 0.2) is 0 Å². The molecule has 0 unspecified atom stereocenters. The fraction of sp³-hybridized carbons (Fsp3) is 0.333. The van der Waals surface area contributed by atoms with Gasteiger partial charge >= 0.3 is 0 Å². The van der Waals surface area contributed by atoms with Gasteiger partial charge in [0, 0.05) is 24.7 Å². The molecule has 100 valence electrons. The van der Waals surface area contributed by atoms with Gasteiger partial charge in [0.25, 0.3) is 0 Å². The second-order valence-corrected chi connectivity index (χ2v) is 4.46. The Morgan fingerprint density at radius 2 is 1.84 bits per heavy atom. The molecular weight excluding hydrogens is 241 g/mol. The molecule has 1 heterocycles. The number of halogens is 1. The summed E-state index contributed by atoms with van der Waals surface area (Å²) in [7, 11) is 1.86. The molecule has 0 radical (unpaired) electrons. The van der Waals surface area contributed by atoms with E-state index in [9.17, 15) is 4.39 Å². The zero-order valence-electron chi connectivity index (χ0n) is 11.5. The van der Waals surface area contributed by atoms with Crippen LogP contribution in [0, 0.1) is 12.7 Å². The first-order valence-corrected chi connectivity index (χ1v) is 6.42. The van der Waals surface area contributed by atoms with E-state index in [4.69, 9.17) is 0 Å². The predicted molar refractivity (Wildman–Crippen MR) is 74.9 cm³/mol. The first kappa shape index (κ1) is 13.5. The van der Waals surface area contributed by atoms with Gasteiger partial charge in [-0.15, -0.1) is 0 Å². The van der Waals surface area contributed by atoms with Crippen molar-refractivity contribution in [3.05, 3.63) is 52.7 Å². The van der Waals surface area contributed by atoms with Gasteiger partial charge in [0.2, 0.25) is 0 Å². The topological polar surface area (TPSA) is 37.8 Å². The van der Waals surface area contributed by atoms with E-state index in [1.807, 2.05) is 14.0 Å². The van der Waals surface area contributed by atoms with Crippen LogP contribution in [0.15, 0.2) is 24.3 Å². The van der Waals surface area contributed by atoms with E-state index >= 15 is 0 Å². The number of hydrogen-bond acceptors (Lipinski definition) is 3. The third-order valence-corrected chi connectivity index (χ3v) is 3.13. The average molecular weight is 259 g/mol. The van der Waals surface area contributed by atoms with Crippen molar-refractivity contribution in [2.45, 2.75) is 26.7 Å².